The summed E-state index contributed by atoms with van der Waals surface area (Å²) in [6, 6.07) is 4.42. The summed E-state index contributed by atoms with van der Waals surface area (Å²) in [6.07, 6.45) is 0. The smallest absolute Gasteiger partial charge is 0.244 e. The van der Waals surface area contributed by atoms with E-state index in [2.05, 4.69) is 15.2 Å². The van der Waals surface area contributed by atoms with E-state index in [0.29, 0.717) is 16.8 Å². The highest BCUT2D eigenvalue weighted by Gasteiger charge is 2.24. The Morgan fingerprint density at radius 1 is 1.32 bits per heavy atom. The van der Waals surface area contributed by atoms with Gasteiger partial charge in [0, 0.05) is 13.0 Å². The number of amides is 1. The molecule has 2 aromatic rings. The molecular weight excluding hydrogens is 346 g/mol. The van der Waals surface area contributed by atoms with Gasteiger partial charge in [-0.15, -0.1) is 0 Å². The highest BCUT2D eigenvalue weighted by Crippen LogP contribution is 2.35. The van der Waals surface area contributed by atoms with E-state index in [1.165, 1.54) is 20.1 Å². The molecule has 9 heteroatoms. The maximum absolute atomic E-state index is 12.6. The molecule has 1 aromatic heterocycles. The number of aryl methyl sites for hydroxylation is 1. The molecular formula is C16H21N3O5S. The van der Waals surface area contributed by atoms with Crippen LogP contribution in [0.3, 0.4) is 0 Å². The van der Waals surface area contributed by atoms with E-state index in [4.69, 9.17) is 9.26 Å². The van der Waals surface area contributed by atoms with E-state index < -0.39 is 10.0 Å². The molecule has 0 fully saturated rings. The lowest BCUT2D eigenvalue weighted by atomic mass is 10.1. The van der Waals surface area contributed by atoms with Gasteiger partial charge in [-0.25, -0.2) is 13.1 Å². The molecule has 0 atom stereocenters. The predicted molar refractivity (Wildman–Crippen MR) is 93.0 cm³/mol. The van der Waals surface area contributed by atoms with Crippen molar-refractivity contribution in [1.29, 1.82) is 0 Å². The Hall–Kier alpha value is -2.39. The molecule has 0 saturated heterocycles. The van der Waals surface area contributed by atoms with Crippen LogP contribution in [-0.2, 0) is 14.8 Å². The van der Waals surface area contributed by atoms with Crippen LogP contribution in [0.4, 0.5) is 5.88 Å². The number of aromatic nitrogens is 1. The number of hydrogen-bond donors (Lipinski definition) is 2. The summed E-state index contributed by atoms with van der Waals surface area (Å²) in [5.74, 6) is 0.0580. The highest BCUT2D eigenvalue weighted by molar-refractivity contribution is 7.89. The van der Waals surface area contributed by atoms with Crippen molar-refractivity contribution in [2.45, 2.75) is 38.6 Å². The van der Waals surface area contributed by atoms with E-state index in [1.54, 1.807) is 32.9 Å². The van der Waals surface area contributed by atoms with E-state index in [-0.39, 0.29) is 28.5 Å². The number of rotatable bonds is 6. The minimum Gasteiger partial charge on any atom is -0.495 e. The van der Waals surface area contributed by atoms with E-state index >= 15 is 0 Å². The van der Waals surface area contributed by atoms with E-state index in [0.717, 1.165) is 0 Å². The summed E-state index contributed by atoms with van der Waals surface area (Å²) in [4.78, 5) is 11.3. The molecule has 1 amide bonds. The lowest BCUT2D eigenvalue weighted by Gasteiger charge is -2.14. The van der Waals surface area contributed by atoms with Crippen molar-refractivity contribution < 1.29 is 22.5 Å². The Balaban J connectivity index is 2.61. The Labute approximate surface area is 146 Å². The summed E-state index contributed by atoms with van der Waals surface area (Å²) < 4.78 is 38.0. The highest BCUT2D eigenvalue weighted by atomic mass is 32.2. The van der Waals surface area contributed by atoms with Gasteiger partial charge in [0.1, 0.15) is 10.6 Å². The van der Waals surface area contributed by atoms with Crippen LogP contribution >= 0.6 is 0 Å². The van der Waals surface area contributed by atoms with Crippen LogP contribution in [0.1, 0.15) is 26.5 Å². The lowest BCUT2D eigenvalue weighted by molar-refractivity contribution is -0.114. The van der Waals surface area contributed by atoms with Gasteiger partial charge in [-0.05, 0) is 38.5 Å². The number of benzene rings is 1. The van der Waals surface area contributed by atoms with E-state index in [9.17, 15) is 13.2 Å². The largest absolute Gasteiger partial charge is 0.495 e. The second-order valence-electron chi connectivity index (χ2n) is 5.79. The normalized spacial score (nSPS) is 11.6. The van der Waals surface area contributed by atoms with Crippen molar-refractivity contribution >= 4 is 21.8 Å². The molecule has 0 bridgehead atoms. The third kappa shape index (κ3) is 4.18. The zero-order valence-corrected chi connectivity index (χ0v) is 15.5. The van der Waals surface area contributed by atoms with Gasteiger partial charge in [0.2, 0.25) is 21.8 Å². The third-order valence-corrected chi connectivity index (χ3v) is 4.96. The first-order valence-electron chi connectivity index (χ1n) is 7.60. The van der Waals surface area contributed by atoms with Crippen LogP contribution in [0.25, 0.3) is 11.1 Å². The van der Waals surface area contributed by atoms with Crippen LogP contribution in [0.5, 0.6) is 5.75 Å². The molecule has 1 heterocycles. The minimum atomic E-state index is -3.78. The van der Waals surface area contributed by atoms with Gasteiger partial charge in [0.15, 0.2) is 0 Å². The van der Waals surface area contributed by atoms with Crippen molar-refractivity contribution in [3.05, 3.63) is 23.9 Å². The lowest BCUT2D eigenvalue weighted by Crippen LogP contribution is -2.30. The zero-order chi connectivity index (χ0) is 18.8. The molecule has 0 aliphatic rings. The average Bonchev–Trinajstić information content (AvgIpc) is 2.85. The van der Waals surface area contributed by atoms with E-state index in [1.807, 2.05) is 0 Å². The van der Waals surface area contributed by atoms with Gasteiger partial charge in [-0.2, -0.15) is 0 Å². The SMILES string of the molecule is COc1ccc(-c2c(C)noc2NC(C)=O)cc1S(=O)(=O)NC(C)C. The number of hydrogen-bond acceptors (Lipinski definition) is 6. The quantitative estimate of drug-likeness (QED) is 0.810. The molecule has 0 unspecified atom stereocenters. The zero-order valence-electron chi connectivity index (χ0n) is 14.7. The number of anilines is 1. The maximum Gasteiger partial charge on any atom is 0.244 e. The first kappa shape index (κ1) is 18.9. The minimum absolute atomic E-state index is 0.00410. The van der Waals surface area contributed by atoms with Crippen LogP contribution in [0, 0.1) is 6.92 Å². The van der Waals surface area contributed by atoms with Gasteiger partial charge in [0.25, 0.3) is 0 Å². The number of nitrogens with one attached hydrogen (secondary N) is 2. The number of methoxy groups -OCH3 is 1. The standard InChI is InChI=1S/C16H21N3O5S/c1-9(2)19-25(21,22)14-8-12(6-7-13(14)23-5)15-10(3)18-24-16(15)17-11(4)20/h6-9,19H,1-5H3,(H,17,20). The molecule has 0 saturated carbocycles. The molecule has 0 aliphatic carbocycles. The second kappa shape index (κ2) is 7.24. The molecule has 2 rings (SSSR count). The van der Waals surface area contributed by atoms with Crippen molar-refractivity contribution in [3.8, 4) is 16.9 Å². The molecule has 25 heavy (non-hydrogen) atoms. The van der Waals surface area contributed by atoms with Crippen molar-refractivity contribution in [2.75, 3.05) is 12.4 Å². The van der Waals surface area contributed by atoms with Gasteiger partial charge >= 0.3 is 0 Å². The summed E-state index contributed by atoms with van der Waals surface area (Å²) in [7, 11) is -2.38. The van der Waals surface area contributed by atoms with Gasteiger partial charge in [-0.3, -0.25) is 10.1 Å². The summed E-state index contributed by atoms with van der Waals surface area (Å²) in [5.41, 5.74) is 1.57. The Kier molecular flexibility index (Phi) is 5.48. The predicted octanol–water partition coefficient (Wildman–Crippen LogP) is 2.30. The second-order valence-corrected chi connectivity index (χ2v) is 7.48. The van der Waals surface area contributed by atoms with Crippen LogP contribution in [0.2, 0.25) is 0 Å². The number of ether oxygens (including phenoxy) is 1. The van der Waals surface area contributed by atoms with Crippen LogP contribution in [-0.4, -0.2) is 32.6 Å². The van der Waals surface area contributed by atoms with Crippen LogP contribution in [0.15, 0.2) is 27.6 Å². The Morgan fingerprint density at radius 2 is 2.00 bits per heavy atom. The molecule has 8 nitrogen and oxygen atoms in total. The monoisotopic (exact) mass is 367 g/mol. The number of carbonyl (C=O) groups is 1. The third-order valence-electron chi connectivity index (χ3n) is 3.28. The van der Waals surface area contributed by atoms with Crippen molar-refractivity contribution in [2.24, 2.45) is 0 Å². The first-order valence-corrected chi connectivity index (χ1v) is 9.08. The van der Waals surface area contributed by atoms with Crippen molar-refractivity contribution in [1.82, 2.24) is 9.88 Å². The summed E-state index contributed by atoms with van der Waals surface area (Å²) >= 11 is 0. The average molecular weight is 367 g/mol. The number of nitrogens with zero attached hydrogens (tertiary/aromatic N) is 1. The number of sulfonamides is 1. The topological polar surface area (TPSA) is 111 Å². The molecule has 0 radical (unpaired) electrons. The molecule has 136 valence electrons. The molecule has 2 N–H and O–H groups in total. The van der Waals surface area contributed by atoms with Gasteiger partial charge in [0.05, 0.1) is 18.4 Å². The van der Waals surface area contributed by atoms with Crippen LogP contribution < -0.4 is 14.8 Å². The van der Waals surface area contributed by atoms with Crippen molar-refractivity contribution in [3.63, 3.8) is 0 Å². The maximum atomic E-state index is 12.6. The fraction of sp³-hybridized carbons (Fsp3) is 0.375. The molecule has 0 spiro atoms. The first-order chi connectivity index (χ1) is 11.7. The fourth-order valence-corrected chi connectivity index (χ4v) is 3.82. The Bertz CT molecular complexity index is 887. The van der Waals surface area contributed by atoms with Gasteiger partial charge < -0.3 is 9.26 Å². The molecule has 0 aliphatic heterocycles. The summed E-state index contributed by atoms with van der Waals surface area (Å²) in [6.45, 7) is 6.51. The summed E-state index contributed by atoms with van der Waals surface area (Å²) in [5, 5.41) is 6.39. The fourth-order valence-electron chi connectivity index (χ4n) is 2.37. The van der Waals surface area contributed by atoms with Gasteiger partial charge in [-0.1, -0.05) is 11.2 Å². The molecule has 1 aromatic carbocycles. The number of carbonyl (C=O) groups excluding carboxylic acids is 1. The Morgan fingerprint density at radius 3 is 2.56 bits per heavy atom.